The first-order chi connectivity index (χ1) is 10.0. The summed E-state index contributed by atoms with van der Waals surface area (Å²) in [4.78, 5) is 10.4. The summed E-state index contributed by atoms with van der Waals surface area (Å²) in [6.07, 6.45) is 0. The fraction of sp³-hybridized carbons (Fsp3) is 0.125. The molecule has 0 saturated heterocycles. The van der Waals surface area contributed by atoms with E-state index < -0.39 is 0 Å². The number of nitrogen functional groups attached to an aromatic ring is 1. The molecule has 3 aromatic rings. The highest BCUT2D eigenvalue weighted by molar-refractivity contribution is 5.93. The predicted molar refractivity (Wildman–Crippen MR) is 83.7 cm³/mol. The van der Waals surface area contributed by atoms with E-state index in [-0.39, 0.29) is 11.8 Å². The van der Waals surface area contributed by atoms with E-state index in [0.717, 1.165) is 27.8 Å². The first-order valence-electron chi connectivity index (χ1n) is 6.55. The number of hydrogen-bond acceptors (Lipinski definition) is 4. The van der Waals surface area contributed by atoms with Crippen molar-refractivity contribution < 1.29 is 4.39 Å². The summed E-state index contributed by atoms with van der Waals surface area (Å²) in [7, 11) is 3.82. The Kier molecular flexibility index (Phi) is 3.17. The van der Waals surface area contributed by atoms with Crippen LogP contribution in [-0.4, -0.2) is 24.1 Å². The molecule has 21 heavy (non-hydrogen) atoms. The molecule has 0 aliphatic rings. The zero-order valence-electron chi connectivity index (χ0n) is 11.8. The molecule has 0 amide bonds. The van der Waals surface area contributed by atoms with Gasteiger partial charge in [0.15, 0.2) is 0 Å². The van der Waals surface area contributed by atoms with Crippen molar-refractivity contribution in [3.63, 3.8) is 0 Å². The molecule has 1 heterocycles. The van der Waals surface area contributed by atoms with Gasteiger partial charge in [0, 0.05) is 19.5 Å². The summed E-state index contributed by atoms with van der Waals surface area (Å²) in [6.45, 7) is 0. The lowest BCUT2D eigenvalue weighted by Gasteiger charge is -2.15. The smallest absolute Gasteiger partial charge is 0.222 e. The van der Waals surface area contributed by atoms with Crippen LogP contribution in [0.25, 0.3) is 22.0 Å². The maximum Gasteiger partial charge on any atom is 0.222 e. The molecule has 4 nitrogen and oxygen atoms in total. The summed E-state index contributed by atoms with van der Waals surface area (Å²) in [5, 5.41) is 0.913. The summed E-state index contributed by atoms with van der Waals surface area (Å²) >= 11 is 0. The maximum atomic E-state index is 13.0. The molecule has 0 aliphatic carbocycles. The Morgan fingerprint density at radius 1 is 0.952 bits per heavy atom. The molecule has 0 unspecified atom stereocenters. The van der Waals surface area contributed by atoms with Crippen LogP contribution in [0.4, 0.5) is 16.2 Å². The van der Waals surface area contributed by atoms with E-state index in [4.69, 9.17) is 5.73 Å². The van der Waals surface area contributed by atoms with Crippen molar-refractivity contribution in [3.05, 3.63) is 48.3 Å². The minimum Gasteiger partial charge on any atom is -0.368 e. The largest absolute Gasteiger partial charge is 0.368 e. The van der Waals surface area contributed by atoms with Crippen LogP contribution < -0.4 is 10.6 Å². The fourth-order valence-corrected chi connectivity index (χ4v) is 2.29. The van der Waals surface area contributed by atoms with Crippen LogP contribution in [-0.2, 0) is 0 Å². The van der Waals surface area contributed by atoms with Crippen molar-refractivity contribution in [2.75, 3.05) is 24.7 Å². The molecule has 0 fully saturated rings. The van der Waals surface area contributed by atoms with E-state index in [2.05, 4.69) is 9.97 Å². The number of benzene rings is 2. The van der Waals surface area contributed by atoms with E-state index in [1.54, 1.807) is 12.1 Å². The molecule has 2 N–H and O–H groups in total. The Bertz CT molecular complexity index is 797. The van der Waals surface area contributed by atoms with E-state index >= 15 is 0 Å². The zero-order chi connectivity index (χ0) is 15.0. The normalized spacial score (nSPS) is 10.8. The molecule has 2 aromatic carbocycles. The fourth-order valence-electron chi connectivity index (χ4n) is 2.29. The molecule has 3 rings (SSSR count). The highest BCUT2D eigenvalue weighted by atomic mass is 19.1. The monoisotopic (exact) mass is 282 g/mol. The minimum absolute atomic E-state index is 0.246. The Morgan fingerprint density at radius 3 is 2.29 bits per heavy atom. The van der Waals surface area contributed by atoms with Crippen LogP contribution in [0.5, 0.6) is 0 Å². The van der Waals surface area contributed by atoms with Crippen LogP contribution in [0, 0.1) is 5.82 Å². The minimum atomic E-state index is -0.246. The lowest BCUT2D eigenvalue weighted by atomic mass is 10.0. The molecule has 0 saturated carbocycles. The van der Waals surface area contributed by atoms with Crippen molar-refractivity contribution >= 4 is 22.7 Å². The summed E-state index contributed by atoms with van der Waals surface area (Å²) in [5.74, 6) is 0.770. The standard InChI is InChI=1S/C16H15FN4/c1-21(2)15-13-9-11(10-3-6-12(17)7-4-10)5-8-14(13)19-16(18)20-15/h3-9H,1-2H3,(H2,18,19,20). The second-order valence-corrected chi connectivity index (χ2v) is 5.04. The number of halogens is 1. The van der Waals surface area contributed by atoms with Gasteiger partial charge in [-0.05, 0) is 35.4 Å². The molecular weight excluding hydrogens is 267 g/mol. The molecule has 5 heteroatoms. The maximum absolute atomic E-state index is 13.0. The van der Waals surface area contributed by atoms with Crippen molar-refractivity contribution in [1.29, 1.82) is 0 Å². The van der Waals surface area contributed by atoms with Crippen molar-refractivity contribution in [1.82, 2.24) is 9.97 Å². The highest BCUT2D eigenvalue weighted by Crippen LogP contribution is 2.29. The van der Waals surface area contributed by atoms with E-state index in [9.17, 15) is 4.39 Å². The summed E-state index contributed by atoms with van der Waals surface area (Å²) in [6, 6.07) is 12.3. The molecule has 0 spiro atoms. The van der Waals surface area contributed by atoms with Crippen LogP contribution >= 0.6 is 0 Å². The Labute approximate surface area is 122 Å². The van der Waals surface area contributed by atoms with E-state index in [1.807, 2.05) is 37.2 Å². The third-order valence-corrected chi connectivity index (χ3v) is 3.29. The first kappa shape index (κ1) is 13.3. The van der Waals surface area contributed by atoms with Gasteiger partial charge in [-0.2, -0.15) is 4.98 Å². The number of rotatable bonds is 2. The third-order valence-electron chi connectivity index (χ3n) is 3.29. The number of nitrogens with zero attached hydrogens (tertiary/aromatic N) is 3. The van der Waals surface area contributed by atoms with Gasteiger partial charge in [0.05, 0.1) is 5.52 Å². The zero-order valence-corrected chi connectivity index (χ0v) is 11.8. The Hall–Kier alpha value is -2.69. The van der Waals surface area contributed by atoms with Crippen molar-refractivity contribution in [2.24, 2.45) is 0 Å². The number of anilines is 2. The summed E-state index contributed by atoms with van der Waals surface area (Å²) < 4.78 is 13.0. The lowest BCUT2D eigenvalue weighted by Crippen LogP contribution is -2.13. The number of aromatic nitrogens is 2. The second-order valence-electron chi connectivity index (χ2n) is 5.04. The average Bonchev–Trinajstić information content (AvgIpc) is 2.46. The number of hydrogen-bond donors (Lipinski definition) is 1. The van der Waals surface area contributed by atoms with Crippen LogP contribution in [0.2, 0.25) is 0 Å². The van der Waals surface area contributed by atoms with Gasteiger partial charge in [0.2, 0.25) is 5.95 Å². The van der Waals surface area contributed by atoms with Gasteiger partial charge in [-0.3, -0.25) is 0 Å². The van der Waals surface area contributed by atoms with Crippen LogP contribution in [0.3, 0.4) is 0 Å². The highest BCUT2D eigenvalue weighted by Gasteiger charge is 2.09. The van der Waals surface area contributed by atoms with E-state index in [0.29, 0.717) is 0 Å². The van der Waals surface area contributed by atoms with Gasteiger partial charge in [0.1, 0.15) is 11.6 Å². The van der Waals surface area contributed by atoms with Crippen LogP contribution in [0.1, 0.15) is 0 Å². The molecule has 0 atom stereocenters. The Balaban J connectivity index is 2.21. The van der Waals surface area contributed by atoms with E-state index in [1.165, 1.54) is 12.1 Å². The van der Waals surface area contributed by atoms with Crippen molar-refractivity contribution in [3.8, 4) is 11.1 Å². The third kappa shape index (κ3) is 2.50. The van der Waals surface area contributed by atoms with Gasteiger partial charge in [-0.25, -0.2) is 9.37 Å². The van der Waals surface area contributed by atoms with Gasteiger partial charge >= 0.3 is 0 Å². The summed E-state index contributed by atoms with van der Waals surface area (Å²) in [5.41, 5.74) is 8.46. The van der Waals surface area contributed by atoms with Gasteiger partial charge in [-0.15, -0.1) is 0 Å². The number of fused-ring (bicyclic) bond motifs is 1. The average molecular weight is 282 g/mol. The topological polar surface area (TPSA) is 55.0 Å². The molecular formula is C16H15FN4. The van der Waals surface area contributed by atoms with Gasteiger partial charge in [-0.1, -0.05) is 18.2 Å². The first-order valence-corrected chi connectivity index (χ1v) is 6.55. The number of nitrogens with two attached hydrogens (primary N) is 1. The van der Waals surface area contributed by atoms with Crippen LogP contribution in [0.15, 0.2) is 42.5 Å². The quantitative estimate of drug-likeness (QED) is 0.784. The SMILES string of the molecule is CN(C)c1nc(N)nc2ccc(-c3ccc(F)cc3)cc12. The van der Waals surface area contributed by atoms with Gasteiger partial charge < -0.3 is 10.6 Å². The molecule has 1 aromatic heterocycles. The Morgan fingerprint density at radius 2 is 1.62 bits per heavy atom. The molecule has 0 bridgehead atoms. The molecule has 0 radical (unpaired) electrons. The molecule has 0 aliphatic heterocycles. The predicted octanol–water partition coefficient (Wildman–Crippen LogP) is 3.08. The second kappa shape index (κ2) is 5.01. The van der Waals surface area contributed by atoms with Crippen molar-refractivity contribution in [2.45, 2.75) is 0 Å². The molecule has 106 valence electrons. The van der Waals surface area contributed by atoms with Gasteiger partial charge in [0.25, 0.3) is 0 Å². The lowest BCUT2D eigenvalue weighted by molar-refractivity contribution is 0.628.